The fourth-order valence-electron chi connectivity index (χ4n) is 7.27. The molecule has 51 heavy (non-hydrogen) atoms. The van der Waals surface area contributed by atoms with Crippen molar-refractivity contribution in [2.75, 3.05) is 4.90 Å². The molecule has 0 aromatic heterocycles. The lowest BCUT2D eigenvalue weighted by Gasteiger charge is -2.26. The van der Waals surface area contributed by atoms with Crippen molar-refractivity contribution in [3.63, 3.8) is 0 Å². The summed E-state index contributed by atoms with van der Waals surface area (Å²) in [6.07, 6.45) is 0. The van der Waals surface area contributed by atoms with Crippen LogP contribution < -0.4 is 4.90 Å². The summed E-state index contributed by atoms with van der Waals surface area (Å²) < 4.78 is 0. The van der Waals surface area contributed by atoms with Gasteiger partial charge in [-0.1, -0.05) is 170 Å². The van der Waals surface area contributed by atoms with E-state index in [1.54, 1.807) is 0 Å². The maximum atomic E-state index is 2.34. The van der Waals surface area contributed by atoms with E-state index in [0.29, 0.717) is 0 Å². The Morgan fingerprint density at radius 1 is 0.235 bits per heavy atom. The van der Waals surface area contributed by atoms with Gasteiger partial charge in [0.1, 0.15) is 0 Å². The molecule has 0 fully saturated rings. The summed E-state index contributed by atoms with van der Waals surface area (Å²) in [4.78, 5) is 2.34. The molecular weight excluding hydrogens is 615 g/mol. The zero-order valence-corrected chi connectivity index (χ0v) is 28.2. The van der Waals surface area contributed by atoms with Gasteiger partial charge in [-0.25, -0.2) is 0 Å². The smallest absolute Gasteiger partial charge is 0.0462 e. The van der Waals surface area contributed by atoms with Crippen LogP contribution in [-0.2, 0) is 0 Å². The van der Waals surface area contributed by atoms with Crippen molar-refractivity contribution in [1.82, 2.24) is 0 Å². The normalized spacial score (nSPS) is 11.1. The van der Waals surface area contributed by atoms with Gasteiger partial charge in [-0.2, -0.15) is 0 Å². The Labute approximate surface area is 299 Å². The predicted molar refractivity (Wildman–Crippen MR) is 218 cm³/mol. The van der Waals surface area contributed by atoms with E-state index >= 15 is 0 Å². The Morgan fingerprint density at radius 2 is 0.627 bits per heavy atom. The first-order valence-corrected chi connectivity index (χ1v) is 17.5. The molecule has 9 rings (SSSR count). The van der Waals surface area contributed by atoms with Crippen molar-refractivity contribution in [2.24, 2.45) is 0 Å². The Kier molecular flexibility index (Phi) is 7.92. The lowest BCUT2D eigenvalue weighted by Crippen LogP contribution is -2.09. The quantitative estimate of drug-likeness (QED) is 0.166. The molecule has 9 aromatic rings. The molecule has 0 radical (unpaired) electrons. The van der Waals surface area contributed by atoms with Gasteiger partial charge in [0.15, 0.2) is 0 Å². The van der Waals surface area contributed by atoms with Crippen molar-refractivity contribution >= 4 is 38.6 Å². The van der Waals surface area contributed by atoms with Crippen LogP contribution in [0.4, 0.5) is 17.1 Å². The van der Waals surface area contributed by atoms with Crippen LogP contribution in [0, 0.1) is 0 Å². The number of nitrogens with zero attached hydrogens (tertiary/aromatic N) is 1. The summed E-state index contributed by atoms with van der Waals surface area (Å²) >= 11 is 0. The molecule has 0 unspecified atom stereocenters. The lowest BCUT2D eigenvalue weighted by molar-refractivity contribution is 1.28. The van der Waals surface area contributed by atoms with Gasteiger partial charge in [-0.3, -0.25) is 0 Å². The van der Waals surface area contributed by atoms with Crippen LogP contribution in [0.2, 0.25) is 0 Å². The van der Waals surface area contributed by atoms with E-state index in [0.717, 1.165) is 17.1 Å². The first kappa shape index (κ1) is 30.4. The van der Waals surface area contributed by atoms with E-state index in [9.17, 15) is 0 Å². The minimum absolute atomic E-state index is 1.11. The van der Waals surface area contributed by atoms with Crippen LogP contribution in [0.3, 0.4) is 0 Å². The third-order valence-corrected chi connectivity index (χ3v) is 9.88. The van der Waals surface area contributed by atoms with Crippen LogP contribution in [-0.4, -0.2) is 0 Å². The van der Waals surface area contributed by atoms with Gasteiger partial charge in [-0.15, -0.1) is 0 Å². The van der Waals surface area contributed by atoms with Crippen LogP contribution in [0.15, 0.2) is 212 Å². The standard InChI is InChI=1S/C50H35N/c1-3-11-36(12-4-1)39-23-29-44(30-24-39)51(45-31-25-40(26-32-45)37-13-5-2-6-14-37)46-33-27-41(28-34-46)47-17-9-20-50-48(18-10-19-49(47)50)43-22-21-38-15-7-8-16-42(38)35-43/h1-35H. The molecule has 0 aliphatic rings. The van der Waals surface area contributed by atoms with E-state index in [4.69, 9.17) is 0 Å². The molecule has 1 nitrogen and oxygen atoms in total. The molecule has 0 saturated carbocycles. The summed E-state index contributed by atoms with van der Waals surface area (Å²) in [6.45, 7) is 0. The second kappa shape index (κ2) is 13.3. The zero-order valence-electron chi connectivity index (χ0n) is 28.2. The van der Waals surface area contributed by atoms with Crippen LogP contribution in [0.1, 0.15) is 0 Å². The molecule has 240 valence electrons. The summed E-state index contributed by atoms with van der Waals surface area (Å²) in [5.74, 6) is 0. The van der Waals surface area contributed by atoms with E-state index < -0.39 is 0 Å². The summed E-state index contributed by atoms with van der Waals surface area (Å²) in [5.41, 5.74) is 13.1. The van der Waals surface area contributed by atoms with E-state index in [2.05, 4.69) is 217 Å². The van der Waals surface area contributed by atoms with Gasteiger partial charge in [0, 0.05) is 17.1 Å². The van der Waals surface area contributed by atoms with Crippen LogP contribution >= 0.6 is 0 Å². The molecule has 0 spiro atoms. The van der Waals surface area contributed by atoms with Gasteiger partial charge < -0.3 is 4.90 Å². The molecule has 1 heteroatoms. The summed E-state index contributed by atoms with van der Waals surface area (Å²) in [5, 5.41) is 5.03. The predicted octanol–water partition coefficient (Wildman–Crippen LogP) is 14.1. The molecule has 0 amide bonds. The van der Waals surface area contributed by atoms with Crippen molar-refractivity contribution < 1.29 is 0 Å². The van der Waals surface area contributed by atoms with Gasteiger partial charge >= 0.3 is 0 Å². The number of anilines is 3. The fraction of sp³-hybridized carbons (Fsp3) is 0. The molecule has 0 N–H and O–H groups in total. The van der Waals surface area contributed by atoms with Gasteiger partial charge in [0.2, 0.25) is 0 Å². The lowest BCUT2D eigenvalue weighted by atomic mass is 9.92. The molecular formula is C50H35N. The Morgan fingerprint density at radius 3 is 1.14 bits per heavy atom. The fourth-order valence-corrected chi connectivity index (χ4v) is 7.27. The average molecular weight is 650 g/mol. The minimum Gasteiger partial charge on any atom is -0.311 e. The molecule has 0 atom stereocenters. The Bertz CT molecular complexity index is 2500. The average Bonchev–Trinajstić information content (AvgIpc) is 3.22. The van der Waals surface area contributed by atoms with E-state index in [-0.39, 0.29) is 0 Å². The van der Waals surface area contributed by atoms with Crippen molar-refractivity contribution in [2.45, 2.75) is 0 Å². The summed E-state index contributed by atoms with van der Waals surface area (Å²) in [7, 11) is 0. The highest BCUT2D eigenvalue weighted by Crippen LogP contribution is 2.40. The number of rotatable bonds is 7. The van der Waals surface area contributed by atoms with Gasteiger partial charge in [0.25, 0.3) is 0 Å². The topological polar surface area (TPSA) is 3.24 Å². The van der Waals surface area contributed by atoms with Crippen molar-refractivity contribution in [3.8, 4) is 44.5 Å². The molecule has 0 saturated heterocycles. The molecule has 0 aliphatic carbocycles. The van der Waals surface area contributed by atoms with Gasteiger partial charge in [-0.05, 0) is 109 Å². The highest BCUT2D eigenvalue weighted by atomic mass is 15.1. The molecule has 0 bridgehead atoms. The minimum atomic E-state index is 1.11. The maximum Gasteiger partial charge on any atom is 0.0462 e. The van der Waals surface area contributed by atoms with Crippen molar-refractivity contribution in [3.05, 3.63) is 212 Å². The second-order valence-corrected chi connectivity index (χ2v) is 13.0. The first-order chi connectivity index (χ1) is 25.3. The third-order valence-electron chi connectivity index (χ3n) is 9.88. The SMILES string of the molecule is c1ccc(-c2ccc(N(c3ccc(-c4ccccc4)cc3)c3ccc(-c4cccc5c(-c6ccc7ccccc7c6)cccc45)cc3)cc2)cc1. The number of benzene rings is 9. The number of fused-ring (bicyclic) bond motifs is 2. The number of hydrogen-bond acceptors (Lipinski definition) is 1. The second-order valence-electron chi connectivity index (χ2n) is 13.0. The molecule has 0 aliphatic heterocycles. The van der Waals surface area contributed by atoms with E-state index in [1.165, 1.54) is 66.1 Å². The highest BCUT2D eigenvalue weighted by molar-refractivity contribution is 6.05. The summed E-state index contributed by atoms with van der Waals surface area (Å²) in [6, 6.07) is 76.6. The monoisotopic (exact) mass is 649 g/mol. The van der Waals surface area contributed by atoms with Crippen molar-refractivity contribution in [1.29, 1.82) is 0 Å². The highest BCUT2D eigenvalue weighted by Gasteiger charge is 2.15. The van der Waals surface area contributed by atoms with Gasteiger partial charge in [0.05, 0.1) is 0 Å². The zero-order chi connectivity index (χ0) is 34.0. The van der Waals surface area contributed by atoms with E-state index in [1.807, 2.05) is 0 Å². The Balaban J connectivity index is 1.10. The van der Waals surface area contributed by atoms with Crippen LogP contribution in [0.5, 0.6) is 0 Å². The largest absolute Gasteiger partial charge is 0.311 e. The molecule has 9 aromatic carbocycles. The first-order valence-electron chi connectivity index (χ1n) is 17.5. The van der Waals surface area contributed by atoms with Crippen LogP contribution in [0.25, 0.3) is 66.1 Å². The molecule has 0 heterocycles. The number of hydrogen-bond donors (Lipinski definition) is 0. The maximum absolute atomic E-state index is 2.34. The Hall–Kier alpha value is -6.70. The third kappa shape index (κ3) is 5.96.